The minimum atomic E-state index is -0.806. The van der Waals surface area contributed by atoms with E-state index < -0.39 is 11.7 Å². The van der Waals surface area contributed by atoms with Gasteiger partial charge in [0.15, 0.2) is 5.82 Å². The van der Waals surface area contributed by atoms with Gasteiger partial charge in [-0.25, -0.2) is 19.3 Å². The molecule has 0 spiro atoms. The zero-order chi connectivity index (χ0) is 28.9. The van der Waals surface area contributed by atoms with Gasteiger partial charge in [0.1, 0.15) is 5.82 Å². The third kappa shape index (κ3) is 6.32. The molecule has 42 heavy (non-hydrogen) atoms. The number of aromatic amines is 1. The average Bonchev–Trinajstić information content (AvgIpc) is 3.47. The zero-order valence-corrected chi connectivity index (χ0v) is 23.5. The number of hydrogen-bond acceptors (Lipinski definition) is 8. The van der Waals surface area contributed by atoms with E-state index in [-0.39, 0.29) is 31.0 Å². The number of halogens is 1. The lowest BCUT2D eigenvalue weighted by Gasteiger charge is -2.37. The topological polar surface area (TPSA) is 127 Å². The SMILES string of the molecule is CC1(C(=O)NC2CCCCC2)COC(c2nc(-c3ccc(F)cc3)c(-c3ccnc(NCc4ccncc4)n3)[nH]2)OC1. The van der Waals surface area contributed by atoms with Crippen LogP contribution >= 0.6 is 0 Å². The van der Waals surface area contributed by atoms with E-state index in [4.69, 9.17) is 19.4 Å². The molecule has 6 rings (SSSR count). The number of rotatable bonds is 8. The van der Waals surface area contributed by atoms with Crippen molar-refractivity contribution in [2.45, 2.75) is 57.9 Å². The van der Waals surface area contributed by atoms with E-state index in [0.29, 0.717) is 41.0 Å². The minimum Gasteiger partial charge on any atom is -0.353 e. The van der Waals surface area contributed by atoms with Crippen molar-refractivity contribution in [2.75, 3.05) is 18.5 Å². The van der Waals surface area contributed by atoms with E-state index in [0.717, 1.165) is 31.2 Å². The Kier molecular flexibility index (Phi) is 8.20. The lowest BCUT2D eigenvalue weighted by atomic mass is 9.89. The van der Waals surface area contributed by atoms with Gasteiger partial charge in [-0.3, -0.25) is 9.78 Å². The van der Waals surface area contributed by atoms with Gasteiger partial charge in [0.2, 0.25) is 18.1 Å². The first kappa shape index (κ1) is 27.9. The van der Waals surface area contributed by atoms with Crippen LogP contribution in [0, 0.1) is 11.2 Å². The lowest BCUT2D eigenvalue weighted by molar-refractivity contribution is -0.231. The molecule has 0 radical (unpaired) electrons. The highest BCUT2D eigenvalue weighted by molar-refractivity contribution is 5.83. The van der Waals surface area contributed by atoms with Gasteiger partial charge in [0.25, 0.3) is 0 Å². The molecule has 0 atom stereocenters. The number of imidazole rings is 1. The Balaban J connectivity index is 1.22. The summed E-state index contributed by atoms with van der Waals surface area (Å²) in [5.41, 5.74) is 2.71. The van der Waals surface area contributed by atoms with Crippen LogP contribution in [-0.4, -0.2) is 50.1 Å². The molecule has 11 heteroatoms. The van der Waals surface area contributed by atoms with Crippen molar-refractivity contribution in [1.82, 2.24) is 30.2 Å². The molecular formula is C31H34FN7O3. The summed E-state index contributed by atoms with van der Waals surface area (Å²) >= 11 is 0. The Morgan fingerprint density at radius 3 is 2.48 bits per heavy atom. The van der Waals surface area contributed by atoms with E-state index in [2.05, 4.69) is 25.6 Å². The molecule has 4 aromatic rings. The number of amides is 1. The highest BCUT2D eigenvalue weighted by Crippen LogP contribution is 2.36. The largest absolute Gasteiger partial charge is 0.353 e. The summed E-state index contributed by atoms with van der Waals surface area (Å²) in [6, 6.07) is 11.9. The summed E-state index contributed by atoms with van der Waals surface area (Å²) in [4.78, 5) is 34.3. The van der Waals surface area contributed by atoms with Gasteiger partial charge >= 0.3 is 0 Å². The number of ether oxygens (including phenoxy) is 2. The summed E-state index contributed by atoms with van der Waals surface area (Å²) in [5, 5.41) is 6.43. The maximum Gasteiger partial charge on any atom is 0.230 e. The van der Waals surface area contributed by atoms with E-state index >= 15 is 0 Å². The smallest absolute Gasteiger partial charge is 0.230 e. The number of hydrogen-bond donors (Lipinski definition) is 3. The molecule has 3 N–H and O–H groups in total. The van der Waals surface area contributed by atoms with Crippen LogP contribution in [0.2, 0.25) is 0 Å². The Labute approximate surface area is 243 Å². The third-order valence-corrected chi connectivity index (χ3v) is 7.77. The number of aromatic nitrogens is 5. The van der Waals surface area contributed by atoms with E-state index in [1.165, 1.54) is 18.6 Å². The molecule has 1 aliphatic heterocycles. The normalized spacial score (nSPS) is 21.1. The summed E-state index contributed by atoms with van der Waals surface area (Å²) in [6.45, 7) is 2.77. The highest BCUT2D eigenvalue weighted by atomic mass is 19.1. The second kappa shape index (κ2) is 12.3. The highest BCUT2D eigenvalue weighted by Gasteiger charge is 2.41. The molecule has 218 valence electrons. The Hall–Kier alpha value is -4.22. The van der Waals surface area contributed by atoms with E-state index in [9.17, 15) is 9.18 Å². The van der Waals surface area contributed by atoms with Gasteiger partial charge in [-0.1, -0.05) is 19.3 Å². The van der Waals surface area contributed by atoms with Crippen LogP contribution in [0.5, 0.6) is 0 Å². The molecule has 0 unspecified atom stereocenters. The summed E-state index contributed by atoms with van der Waals surface area (Å²) in [7, 11) is 0. The zero-order valence-electron chi connectivity index (χ0n) is 23.5. The van der Waals surface area contributed by atoms with Crippen molar-refractivity contribution in [1.29, 1.82) is 0 Å². The van der Waals surface area contributed by atoms with Crippen LogP contribution in [0.15, 0.2) is 61.1 Å². The number of carbonyl (C=O) groups is 1. The molecule has 1 saturated carbocycles. The average molecular weight is 572 g/mol. The van der Waals surface area contributed by atoms with Gasteiger partial charge in [0.05, 0.1) is 35.7 Å². The molecule has 3 aromatic heterocycles. The van der Waals surface area contributed by atoms with Crippen molar-refractivity contribution < 1.29 is 18.7 Å². The number of H-pyrrole nitrogens is 1. The van der Waals surface area contributed by atoms with Crippen molar-refractivity contribution >= 4 is 11.9 Å². The quantitative estimate of drug-likeness (QED) is 0.264. The van der Waals surface area contributed by atoms with Crippen molar-refractivity contribution in [2.24, 2.45) is 5.41 Å². The number of benzene rings is 1. The monoisotopic (exact) mass is 571 g/mol. The molecule has 10 nitrogen and oxygen atoms in total. The van der Waals surface area contributed by atoms with Gasteiger partial charge in [0, 0.05) is 36.7 Å². The van der Waals surface area contributed by atoms with Crippen molar-refractivity contribution in [3.05, 3.63) is 78.3 Å². The molecule has 1 saturated heterocycles. The number of nitrogens with zero attached hydrogens (tertiary/aromatic N) is 4. The Bertz CT molecular complexity index is 1500. The first-order valence-electron chi connectivity index (χ1n) is 14.3. The molecule has 4 heterocycles. The fraction of sp³-hybridized carbons (Fsp3) is 0.387. The second-order valence-corrected chi connectivity index (χ2v) is 11.2. The van der Waals surface area contributed by atoms with Gasteiger partial charge in [-0.2, -0.15) is 0 Å². The standard InChI is InChI=1S/C31H34FN7O3/c1-31(29(40)36-23-5-3-2-4-6-23)18-41-28(42-19-31)27-38-25(21-7-9-22(32)10-8-21)26(39-27)24-13-16-34-30(37-24)35-17-20-11-14-33-15-12-20/h7-16,23,28H,2-6,17-19H2,1H3,(H,36,40)(H,38,39)(H,34,35,37). The summed E-state index contributed by atoms with van der Waals surface area (Å²) in [5.74, 6) is 0.484. The van der Waals surface area contributed by atoms with Gasteiger partial charge in [-0.05, 0) is 67.8 Å². The number of anilines is 1. The van der Waals surface area contributed by atoms with Gasteiger partial charge < -0.3 is 25.1 Å². The van der Waals surface area contributed by atoms with Crippen LogP contribution in [0.3, 0.4) is 0 Å². The molecule has 2 aliphatic rings. The fourth-order valence-corrected chi connectivity index (χ4v) is 5.27. The van der Waals surface area contributed by atoms with Crippen LogP contribution in [-0.2, 0) is 20.8 Å². The maximum atomic E-state index is 13.8. The van der Waals surface area contributed by atoms with Crippen LogP contribution in [0.25, 0.3) is 22.6 Å². The Morgan fingerprint density at radius 1 is 1.00 bits per heavy atom. The maximum absolute atomic E-state index is 13.8. The minimum absolute atomic E-state index is 0.0484. The summed E-state index contributed by atoms with van der Waals surface area (Å²) < 4.78 is 25.9. The van der Waals surface area contributed by atoms with E-state index in [1.54, 1.807) is 36.8 Å². The fourth-order valence-electron chi connectivity index (χ4n) is 5.27. The first-order valence-corrected chi connectivity index (χ1v) is 14.3. The molecule has 2 fully saturated rings. The number of nitrogens with one attached hydrogen (secondary N) is 3. The number of carbonyl (C=O) groups excluding carboxylic acids is 1. The first-order chi connectivity index (χ1) is 20.5. The van der Waals surface area contributed by atoms with Crippen molar-refractivity contribution in [3.8, 4) is 22.6 Å². The van der Waals surface area contributed by atoms with E-state index in [1.807, 2.05) is 19.1 Å². The number of pyridine rings is 1. The van der Waals surface area contributed by atoms with Crippen molar-refractivity contribution in [3.63, 3.8) is 0 Å². The third-order valence-electron chi connectivity index (χ3n) is 7.77. The van der Waals surface area contributed by atoms with Crippen LogP contribution in [0.1, 0.15) is 56.7 Å². The molecular weight excluding hydrogens is 537 g/mol. The summed E-state index contributed by atoms with van der Waals surface area (Å²) in [6.07, 6.45) is 9.85. The lowest BCUT2D eigenvalue weighted by Crippen LogP contribution is -2.51. The van der Waals surface area contributed by atoms with Crippen LogP contribution < -0.4 is 10.6 Å². The Morgan fingerprint density at radius 2 is 1.74 bits per heavy atom. The molecule has 1 aliphatic carbocycles. The molecule has 1 aromatic carbocycles. The molecule has 1 amide bonds. The predicted molar refractivity (Wildman–Crippen MR) is 154 cm³/mol. The second-order valence-electron chi connectivity index (χ2n) is 11.2. The predicted octanol–water partition coefficient (Wildman–Crippen LogP) is 5.18. The molecule has 0 bridgehead atoms. The van der Waals surface area contributed by atoms with Gasteiger partial charge in [-0.15, -0.1) is 0 Å². The van der Waals surface area contributed by atoms with Crippen LogP contribution in [0.4, 0.5) is 10.3 Å².